The fourth-order valence-corrected chi connectivity index (χ4v) is 4.02. The van der Waals surface area contributed by atoms with Gasteiger partial charge in [0.05, 0.1) is 0 Å². The highest BCUT2D eigenvalue weighted by molar-refractivity contribution is 5.89. The third kappa shape index (κ3) is 2.25. The number of fused-ring (bicyclic) bond motifs is 3. The Balaban J connectivity index is 1.70. The van der Waals surface area contributed by atoms with Crippen molar-refractivity contribution in [1.82, 2.24) is 0 Å². The summed E-state index contributed by atoms with van der Waals surface area (Å²) in [5, 5.41) is 11.0. The third-order valence-electron chi connectivity index (χ3n) is 5.26. The molecule has 0 radical (unpaired) electrons. The van der Waals surface area contributed by atoms with Crippen LogP contribution in [0.3, 0.4) is 0 Å². The van der Waals surface area contributed by atoms with E-state index in [1.807, 2.05) is 48.5 Å². The number of phenolic OH excluding ortho intramolecular Hbond substituents is 1. The molecule has 1 heteroatoms. The zero-order chi connectivity index (χ0) is 17.5. The number of aromatic hydroxyl groups is 1. The van der Waals surface area contributed by atoms with E-state index in [1.165, 1.54) is 22.3 Å². The zero-order valence-corrected chi connectivity index (χ0v) is 14.3. The highest BCUT2D eigenvalue weighted by atomic mass is 16.3. The second-order valence-electron chi connectivity index (χ2n) is 6.73. The second-order valence-corrected chi connectivity index (χ2v) is 6.73. The van der Waals surface area contributed by atoms with Crippen LogP contribution in [-0.4, -0.2) is 5.11 Å². The summed E-state index contributed by atoms with van der Waals surface area (Å²) in [6.07, 6.45) is 0.913. The molecular formula is C25H18O. The average Bonchev–Trinajstić information content (AvgIpc) is 3.08. The molecular weight excluding hydrogens is 316 g/mol. The van der Waals surface area contributed by atoms with Crippen LogP contribution in [0.15, 0.2) is 91.0 Å². The van der Waals surface area contributed by atoms with Crippen LogP contribution in [0.4, 0.5) is 0 Å². The van der Waals surface area contributed by atoms with E-state index in [4.69, 9.17) is 0 Å². The molecule has 0 aromatic heterocycles. The molecule has 124 valence electrons. The van der Waals surface area contributed by atoms with Crippen molar-refractivity contribution in [3.63, 3.8) is 0 Å². The molecule has 5 rings (SSSR count). The fourth-order valence-electron chi connectivity index (χ4n) is 4.02. The maximum Gasteiger partial charge on any atom is 0.131 e. The second kappa shape index (κ2) is 5.89. The molecule has 1 nitrogen and oxygen atoms in total. The van der Waals surface area contributed by atoms with Crippen LogP contribution >= 0.6 is 0 Å². The largest absolute Gasteiger partial charge is 0.507 e. The van der Waals surface area contributed by atoms with Crippen LogP contribution in [0.25, 0.3) is 33.4 Å². The molecule has 0 amide bonds. The Bertz CT molecular complexity index is 1110. The van der Waals surface area contributed by atoms with Gasteiger partial charge in [-0.3, -0.25) is 0 Å². The van der Waals surface area contributed by atoms with E-state index in [1.54, 1.807) is 0 Å². The smallest absolute Gasteiger partial charge is 0.131 e. The number of benzene rings is 4. The van der Waals surface area contributed by atoms with Gasteiger partial charge in [0.2, 0.25) is 0 Å². The summed E-state index contributed by atoms with van der Waals surface area (Å²) in [6, 6.07) is 31.0. The highest BCUT2D eigenvalue weighted by Gasteiger charge is 2.22. The number of rotatable bonds is 2. The third-order valence-corrected chi connectivity index (χ3v) is 5.26. The molecule has 1 aliphatic rings. The van der Waals surface area contributed by atoms with Gasteiger partial charge in [0.15, 0.2) is 0 Å². The van der Waals surface area contributed by atoms with Gasteiger partial charge in [-0.15, -0.1) is 0 Å². The standard InChI is InChI=1S/C25H18O/c26-25-20(17-8-2-1-3-9-17)12-6-15-23(25)22-14-7-13-21-19-11-5-4-10-18(19)16-24(21)22/h1-15,26H,16H2. The molecule has 0 bridgehead atoms. The first kappa shape index (κ1) is 15.0. The Morgan fingerprint density at radius 3 is 1.88 bits per heavy atom. The summed E-state index contributed by atoms with van der Waals surface area (Å²) in [5.74, 6) is 0.350. The van der Waals surface area contributed by atoms with Gasteiger partial charge in [-0.1, -0.05) is 91.0 Å². The van der Waals surface area contributed by atoms with Crippen LogP contribution in [0.1, 0.15) is 11.1 Å². The molecule has 4 aromatic carbocycles. The summed E-state index contributed by atoms with van der Waals surface area (Å²) < 4.78 is 0. The topological polar surface area (TPSA) is 20.2 Å². The molecule has 0 heterocycles. The molecule has 0 atom stereocenters. The Morgan fingerprint density at radius 2 is 1.08 bits per heavy atom. The van der Waals surface area contributed by atoms with E-state index in [0.29, 0.717) is 5.75 Å². The molecule has 1 N–H and O–H groups in total. The normalized spacial score (nSPS) is 11.8. The van der Waals surface area contributed by atoms with E-state index in [0.717, 1.165) is 28.7 Å². The van der Waals surface area contributed by atoms with E-state index < -0.39 is 0 Å². The molecule has 0 aliphatic heterocycles. The molecule has 0 unspecified atom stereocenters. The van der Waals surface area contributed by atoms with Crippen LogP contribution < -0.4 is 0 Å². The van der Waals surface area contributed by atoms with Crippen molar-refractivity contribution in [2.45, 2.75) is 6.42 Å². The first-order valence-corrected chi connectivity index (χ1v) is 8.91. The van der Waals surface area contributed by atoms with Crippen molar-refractivity contribution < 1.29 is 5.11 Å². The summed E-state index contributed by atoms with van der Waals surface area (Å²) in [5.41, 5.74) is 9.16. The van der Waals surface area contributed by atoms with Crippen LogP contribution in [-0.2, 0) is 6.42 Å². The maximum absolute atomic E-state index is 11.0. The van der Waals surface area contributed by atoms with Crippen molar-refractivity contribution in [2.24, 2.45) is 0 Å². The molecule has 0 fully saturated rings. The van der Waals surface area contributed by atoms with Crippen LogP contribution in [0.5, 0.6) is 5.75 Å². The van der Waals surface area contributed by atoms with Crippen molar-refractivity contribution in [3.05, 3.63) is 102 Å². The van der Waals surface area contributed by atoms with Gasteiger partial charge in [-0.05, 0) is 39.8 Å². The minimum atomic E-state index is 0.350. The number of phenols is 1. The van der Waals surface area contributed by atoms with Gasteiger partial charge in [0, 0.05) is 11.1 Å². The lowest BCUT2D eigenvalue weighted by Crippen LogP contribution is -1.90. The molecule has 0 saturated carbocycles. The average molecular weight is 334 g/mol. The minimum Gasteiger partial charge on any atom is -0.507 e. The van der Waals surface area contributed by atoms with Gasteiger partial charge in [0.1, 0.15) is 5.75 Å². The van der Waals surface area contributed by atoms with Gasteiger partial charge in [-0.25, -0.2) is 0 Å². The first-order valence-electron chi connectivity index (χ1n) is 8.91. The minimum absolute atomic E-state index is 0.350. The van der Waals surface area contributed by atoms with E-state index in [-0.39, 0.29) is 0 Å². The molecule has 1 aliphatic carbocycles. The van der Waals surface area contributed by atoms with Crippen LogP contribution in [0.2, 0.25) is 0 Å². The van der Waals surface area contributed by atoms with Gasteiger partial charge in [-0.2, -0.15) is 0 Å². The number of hydrogen-bond donors (Lipinski definition) is 1. The molecule has 0 saturated heterocycles. The predicted octanol–water partition coefficient (Wildman–Crippen LogP) is 6.30. The Morgan fingerprint density at radius 1 is 0.500 bits per heavy atom. The van der Waals surface area contributed by atoms with E-state index in [9.17, 15) is 5.11 Å². The van der Waals surface area contributed by atoms with Crippen molar-refractivity contribution in [2.75, 3.05) is 0 Å². The monoisotopic (exact) mass is 334 g/mol. The van der Waals surface area contributed by atoms with E-state index in [2.05, 4.69) is 42.5 Å². The Kier molecular flexibility index (Phi) is 3.39. The van der Waals surface area contributed by atoms with Gasteiger partial charge in [0.25, 0.3) is 0 Å². The zero-order valence-electron chi connectivity index (χ0n) is 14.3. The molecule has 26 heavy (non-hydrogen) atoms. The lowest BCUT2D eigenvalue weighted by atomic mass is 9.92. The lowest BCUT2D eigenvalue weighted by molar-refractivity contribution is 0.479. The lowest BCUT2D eigenvalue weighted by Gasteiger charge is -2.13. The first-order chi connectivity index (χ1) is 12.8. The number of para-hydroxylation sites is 1. The summed E-state index contributed by atoms with van der Waals surface area (Å²) in [6.45, 7) is 0. The van der Waals surface area contributed by atoms with Gasteiger partial charge >= 0.3 is 0 Å². The summed E-state index contributed by atoms with van der Waals surface area (Å²) in [7, 11) is 0. The predicted molar refractivity (Wildman–Crippen MR) is 107 cm³/mol. The summed E-state index contributed by atoms with van der Waals surface area (Å²) >= 11 is 0. The molecule has 0 spiro atoms. The van der Waals surface area contributed by atoms with Crippen molar-refractivity contribution >= 4 is 0 Å². The Hall–Kier alpha value is -3.32. The SMILES string of the molecule is Oc1c(-c2ccccc2)cccc1-c1cccc2c1Cc1ccccc1-2. The summed E-state index contributed by atoms with van der Waals surface area (Å²) in [4.78, 5) is 0. The number of hydrogen-bond acceptors (Lipinski definition) is 1. The van der Waals surface area contributed by atoms with Crippen molar-refractivity contribution in [3.8, 4) is 39.1 Å². The fraction of sp³-hybridized carbons (Fsp3) is 0.0400. The highest BCUT2D eigenvalue weighted by Crippen LogP contribution is 2.45. The Labute approximate surface area is 153 Å². The maximum atomic E-state index is 11.0. The molecule has 4 aromatic rings. The van der Waals surface area contributed by atoms with Crippen LogP contribution in [0, 0.1) is 0 Å². The van der Waals surface area contributed by atoms with Gasteiger partial charge < -0.3 is 5.11 Å². The van der Waals surface area contributed by atoms with Crippen molar-refractivity contribution in [1.29, 1.82) is 0 Å². The van der Waals surface area contributed by atoms with E-state index >= 15 is 0 Å². The quantitative estimate of drug-likeness (QED) is 0.402.